The first kappa shape index (κ1) is 16.9. The monoisotopic (exact) mass is 352 g/mol. The second-order valence-corrected chi connectivity index (χ2v) is 7.34. The molecule has 2 aromatic heterocycles. The highest BCUT2D eigenvalue weighted by Crippen LogP contribution is 2.31. The van der Waals surface area contributed by atoms with Crippen molar-refractivity contribution < 1.29 is 4.79 Å². The lowest BCUT2D eigenvalue weighted by atomic mass is 9.88. The van der Waals surface area contributed by atoms with Crippen LogP contribution in [0.2, 0.25) is 0 Å². The fourth-order valence-electron chi connectivity index (χ4n) is 4.12. The highest BCUT2D eigenvalue weighted by atomic mass is 16.2. The molecule has 136 valence electrons. The van der Waals surface area contributed by atoms with Crippen molar-refractivity contribution in [1.82, 2.24) is 19.9 Å². The minimum Gasteiger partial charge on any atom is -0.342 e. The Morgan fingerprint density at radius 3 is 2.77 bits per heavy atom. The smallest absolute Gasteiger partial charge is 0.251 e. The molecule has 2 fully saturated rings. The Hall–Kier alpha value is -2.50. The average Bonchev–Trinajstić information content (AvgIpc) is 3.18. The molecule has 6 nitrogen and oxygen atoms in total. The zero-order valence-corrected chi connectivity index (χ0v) is 14.9. The summed E-state index contributed by atoms with van der Waals surface area (Å²) in [5.74, 6) is 1.10. The molecule has 1 aliphatic heterocycles. The Morgan fingerprint density at radius 1 is 1.15 bits per heavy atom. The Bertz CT molecular complexity index is 827. The number of rotatable bonds is 3. The first-order valence-corrected chi connectivity index (χ1v) is 9.52. The van der Waals surface area contributed by atoms with E-state index in [0.29, 0.717) is 24.0 Å². The molecule has 6 heteroatoms. The zero-order chi connectivity index (χ0) is 17.9. The molecule has 1 unspecified atom stereocenters. The van der Waals surface area contributed by atoms with Crippen molar-refractivity contribution in [3.05, 3.63) is 46.5 Å². The van der Waals surface area contributed by atoms with Crippen LogP contribution in [0.1, 0.15) is 50.1 Å². The molecular formula is C20H24N4O2. The van der Waals surface area contributed by atoms with Crippen molar-refractivity contribution in [1.29, 1.82) is 0 Å². The highest BCUT2D eigenvalue weighted by molar-refractivity contribution is 5.79. The van der Waals surface area contributed by atoms with Crippen LogP contribution in [0.4, 0.5) is 0 Å². The van der Waals surface area contributed by atoms with E-state index in [1.807, 2.05) is 23.1 Å². The Morgan fingerprint density at radius 2 is 2.00 bits per heavy atom. The maximum atomic E-state index is 12.8. The van der Waals surface area contributed by atoms with Crippen LogP contribution in [-0.4, -0.2) is 38.8 Å². The maximum absolute atomic E-state index is 12.8. The predicted octanol–water partition coefficient (Wildman–Crippen LogP) is 2.73. The van der Waals surface area contributed by atoms with Gasteiger partial charge in [0.25, 0.3) is 5.56 Å². The van der Waals surface area contributed by atoms with Crippen LogP contribution in [0, 0.1) is 5.92 Å². The van der Waals surface area contributed by atoms with E-state index < -0.39 is 0 Å². The van der Waals surface area contributed by atoms with Gasteiger partial charge in [-0.05, 0) is 31.4 Å². The Balaban J connectivity index is 1.51. The topological polar surface area (TPSA) is 79.0 Å². The van der Waals surface area contributed by atoms with Gasteiger partial charge in [-0.25, -0.2) is 4.98 Å². The molecule has 1 saturated carbocycles. The van der Waals surface area contributed by atoms with E-state index >= 15 is 0 Å². The second kappa shape index (κ2) is 7.40. The largest absolute Gasteiger partial charge is 0.342 e. The standard InChI is InChI=1S/C20H24N4O2/c25-18-12-17(22-19(23-18)16-8-4-5-10-21-16)15-9-11-24(13-15)20(26)14-6-2-1-3-7-14/h4-5,8,10,12,14-15H,1-3,6-7,9,11,13H2,(H,22,23,25). The summed E-state index contributed by atoms with van der Waals surface area (Å²) in [6, 6.07) is 7.09. The number of aromatic nitrogens is 3. The van der Waals surface area contributed by atoms with Gasteiger partial charge in [-0.1, -0.05) is 25.3 Å². The summed E-state index contributed by atoms with van der Waals surface area (Å²) in [7, 11) is 0. The van der Waals surface area contributed by atoms with Gasteiger partial charge >= 0.3 is 0 Å². The summed E-state index contributed by atoms with van der Waals surface area (Å²) >= 11 is 0. The summed E-state index contributed by atoms with van der Waals surface area (Å²) in [4.78, 5) is 38.5. The normalized spacial score (nSPS) is 21.1. The molecular weight excluding hydrogens is 328 g/mol. The van der Waals surface area contributed by atoms with Gasteiger partial charge in [0.1, 0.15) is 5.69 Å². The van der Waals surface area contributed by atoms with Crippen LogP contribution < -0.4 is 5.56 Å². The van der Waals surface area contributed by atoms with E-state index in [0.717, 1.165) is 44.3 Å². The van der Waals surface area contributed by atoms with E-state index in [2.05, 4.69) is 15.0 Å². The molecule has 0 spiro atoms. The van der Waals surface area contributed by atoms with Crippen LogP contribution in [-0.2, 0) is 4.79 Å². The average molecular weight is 352 g/mol. The van der Waals surface area contributed by atoms with Gasteiger partial charge in [0.15, 0.2) is 5.82 Å². The number of carbonyl (C=O) groups excluding carboxylic acids is 1. The fourth-order valence-corrected chi connectivity index (χ4v) is 4.12. The third-order valence-electron chi connectivity index (χ3n) is 5.54. The van der Waals surface area contributed by atoms with Crippen molar-refractivity contribution in [3.63, 3.8) is 0 Å². The number of aromatic amines is 1. The number of likely N-dealkylation sites (tertiary alicyclic amines) is 1. The van der Waals surface area contributed by atoms with E-state index in [1.165, 1.54) is 6.42 Å². The van der Waals surface area contributed by atoms with E-state index in [-0.39, 0.29) is 17.4 Å². The van der Waals surface area contributed by atoms with Gasteiger partial charge in [-0.15, -0.1) is 0 Å². The van der Waals surface area contributed by atoms with Gasteiger partial charge in [0.05, 0.1) is 5.69 Å². The first-order valence-electron chi connectivity index (χ1n) is 9.52. The van der Waals surface area contributed by atoms with Crippen LogP contribution in [0.15, 0.2) is 35.3 Å². The van der Waals surface area contributed by atoms with Crippen molar-refractivity contribution in [3.8, 4) is 11.5 Å². The summed E-state index contributed by atoms with van der Waals surface area (Å²) in [5, 5.41) is 0. The summed E-state index contributed by atoms with van der Waals surface area (Å²) in [5.41, 5.74) is 1.24. The summed E-state index contributed by atoms with van der Waals surface area (Å²) < 4.78 is 0. The lowest BCUT2D eigenvalue weighted by Crippen LogP contribution is -2.35. The van der Waals surface area contributed by atoms with Crippen molar-refractivity contribution in [2.24, 2.45) is 5.92 Å². The Labute approximate surface area is 152 Å². The van der Waals surface area contributed by atoms with Crippen LogP contribution >= 0.6 is 0 Å². The molecule has 4 rings (SSSR count). The molecule has 2 aromatic rings. The minimum absolute atomic E-state index is 0.118. The SMILES string of the molecule is O=C(C1CCCCC1)N1CCC(c2cc(=O)[nH]c(-c3ccccn3)n2)C1. The van der Waals surface area contributed by atoms with E-state index in [9.17, 15) is 9.59 Å². The summed E-state index contributed by atoms with van der Waals surface area (Å²) in [6.45, 7) is 1.42. The van der Waals surface area contributed by atoms with Crippen LogP contribution in [0.5, 0.6) is 0 Å². The van der Waals surface area contributed by atoms with Gasteiger partial charge in [-0.2, -0.15) is 0 Å². The molecule has 1 aliphatic carbocycles. The van der Waals surface area contributed by atoms with Crippen LogP contribution in [0.25, 0.3) is 11.5 Å². The van der Waals surface area contributed by atoms with Crippen molar-refractivity contribution in [2.45, 2.75) is 44.4 Å². The third kappa shape index (κ3) is 3.54. The maximum Gasteiger partial charge on any atom is 0.251 e. The molecule has 1 amide bonds. The van der Waals surface area contributed by atoms with E-state index in [4.69, 9.17) is 0 Å². The number of nitrogens with zero attached hydrogens (tertiary/aromatic N) is 3. The summed E-state index contributed by atoms with van der Waals surface area (Å²) in [6.07, 6.45) is 8.16. The molecule has 1 atom stereocenters. The quantitative estimate of drug-likeness (QED) is 0.921. The highest BCUT2D eigenvalue weighted by Gasteiger charge is 2.32. The molecule has 1 N–H and O–H groups in total. The molecule has 0 aromatic carbocycles. The number of carbonyl (C=O) groups is 1. The zero-order valence-electron chi connectivity index (χ0n) is 14.9. The number of pyridine rings is 1. The Kier molecular flexibility index (Phi) is 4.82. The number of H-pyrrole nitrogens is 1. The first-order chi connectivity index (χ1) is 12.7. The molecule has 26 heavy (non-hydrogen) atoms. The molecule has 0 radical (unpaired) electrons. The van der Waals surface area contributed by atoms with E-state index in [1.54, 1.807) is 12.3 Å². The van der Waals surface area contributed by atoms with Gasteiger partial charge in [-0.3, -0.25) is 14.6 Å². The molecule has 1 saturated heterocycles. The van der Waals surface area contributed by atoms with Crippen LogP contribution in [0.3, 0.4) is 0 Å². The van der Waals surface area contributed by atoms with Gasteiger partial charge in [0.2, 0.25) is 5.91 Å². The van der Waals surface area contributed by atoms with Crippen molar-refractivity contribution >= 4 is 5.91 Å². The number of hydrogen-bond donors (Lipinski definition) is 1. The lowest BCUT2D eigenvalue weighted by molar-refractivity contribution is -0.135. The van der Waals surface area contributed by atoms with Crippen molar-refractivity contribution in [2.75, 3.05) is 13.1 Å². The molecule has 0 bridgehead atoms. The second-order valence-electron chi connectivity index (χ2n) is 7.34. The number of hydrogen-bond acceptors (Lipinski definition) is 4. The van der Waals surface area contributed by atoms with Gasteiger partial charge in [0, 0.05) is 37.2 Å². The molecule has 3 heterocycles. The number of amides is 1. The minimum atomic E-state index is -0.173. The fraction of sp³-hybridized carbons (Fsp3) is 0.500. The predicted molar refractivity (Wildman–Crippen MR) is 98.6 cm³/mol. The third-order valence-corrected chi connectivity index (χ3v) is 5.54. The van der Waals surface area contributed by atoms with Gasteiger partial charge < -0.3 is 9.88 Å². The number of nitrogens with one attached hydrogen (secondary N) is 1. The molecule has 2 aliphatic rings. The lowest BCUT2D eigenvalue weighted by Gasteiger charge is -2.26.